The molecule has 1 aliphatic rings. The summed E-state index contributed by atoms with van der Waals surface area (Å²) < 4.78 is 1.55. The Balaban J connectivity index is 0.00000132. The van der Waals surface area contributed by atoms with Crippen molar-refractivity contribution in [3.63, 3.8) is 0 Å². The molecule has 0 unspecified atom stereocenters. The average Bonchev–Trinajstić information content (AvgIpc) is 3.03. The zero-order chi connectivity index (χ0) is 14.7. The van der Waals surface area contributed by atoms with E-state index in [1.807, 2.05) is 0 Å². The highest BCUT2D eigenvalue weighted by Crippen LogP contribution is 2.27. The van der Waals surface area contributed by atoms with E-state index >= 15 is 0 Å². The molecular weight excluding hydrogens is 339 g/mol. The normalized spacial score (nSPS) is 15.9. The van der Waals surface area contributed by atoms with Gasteiger partial charge in [-0.1, -0.05) is 19.3 Å². The number of nitrogens with one attached hydrogen (secondary N) is 1. The summed E-state index contributed by atoms with van der Waals surface area (Å²) in [6.07, 6.45) is 9.25. The highest BCUT2D eigenvalue weighted by molar-refractivity contribution is 5.97. The van der Waals surface area contributed by atoms with Crippen LogP contribution in [0.3, 0.4) is 0 Å². The topological polar surface area (TPSA) is 98.7 Å². The average molecular weight is 359 g/mol. The summed E-state index contributed by atoms with van der Waals surface area (Å²) in [5.41, 5.74) is 6.09. The second-order valence-corrected chi connectivity index (χ2v) is 5.42. The van der Waals surface area contributed by atoms with Gasteiger partial charge in [-0.15, -0.1) is 24.8 Å². The summed E-state index contributed by atoms with van der Waals surface area (Å²) in [7, 11) is 0. The predicted octanol–water partition coefficient (Wildman–Crippen LogP) is 2.11. The third kappa shape index (κ3) is 4.40. The molecule has 0 bridgehead atoms. The molecule has 23 heavy (non-hydrogen) atoms. The van der Waals surface area contributed by atoms with Gasteiger partial charge in [-0.3, -0.25) is 4.79 Å². The molecular formula is C14H20Cl2N6O. The molecule has 1 saturated carbocycles. The molecule has 3 rings (SSSR count). The highest BCUT2D eigenvalue weighted by atomic mass is 35.5. The first-order valence-corrected chi connectivity index (χ1v) is 7.09. The molecule has 126 valence electrons. The van der Waals surface area contributed by atoms with E-state index < -0.39 is 5.54 Å². The molecule has 2 aromatic rings. The van der Waals surface area contributed by atoms with Gasteiger partial charge in [-0.2, -0.15) is 5.10 Å². The number of halogens is 2. The van der Waals surface area contributed by atoms with Gasteiger partial charge in [0.05, 0.1) is 17.4 Å². The first kappa shape index (κ1) is 19.3. The van der Waals surface area contributed by atoms with Crippen LogP contribution >= 0.6 is 24.8 Å². The maximum atomic E-state index is 12.3. The van der Waals surface area contributed by atoms with Crippen molar-refractivity contribution in [1.82, 2.24) is 19.7 Å². The molecule has 0 spiro atoms. The van der Waals surface area contributed by atoms with Crippen molar-refractivity contribution in [2.45, 2.75) is 37.6 Å². The van der Waals surface area contributed by atoms with Crippen molar-refractivity contribution in [3.8, 4) is 5.82 Å². The molecule has 3 N–H and O–H groups in total. The summed E-state index contributed by atoms with van der Waals surface area (Å²) in [5.74, 6) is 0.517. The van der Waals surface area contributed by atoms with Gasteiger partial charge in [0.1, 0.15) is 12.7 Å². The fourth-order valence-corrected chi connectivity index (χ4v) is 2.59. The van der Waals surface area contributed by atoms with Crippen LogP contribution in [0, 0.1) is 0 Å². The van der Waals surface area contributed by atoms with Crippen LogP contribution in [-0.4, -0.2) is 31.2 Å². The molecule has 0 saturated heterocycles. The Kier molecular flexibility index (Phi) is 6.93. The van der Waals surface area contributed by atoms with Crippen LogP contribution in [0.1, 0.15) is 32.1 Å². The van der Waals surface area contributed by atoms with Crippen LogP contribution in [0.2, 0.25) is 0 Å². The minimum atomic E-state index is -0.747. The molecule has 2 heterocycles. The zero-order valence-corrected chi connectivity index (χ0v) is 14.1. The molecule has 7 nitrogen and oxygen atoms in total. The lowest BCUT2D eigenvalue weighted by Crippen LogP contribution is -2.52. The number of carbonyl (C=O) groups excluding carboxylic acids is 1. The van der Waals surface area contributed by atoms with Gasteiger partial charge >= 0.3 is 0 Å². The number of aromatic nitrogens is 4. The van der Waals surface area contributed by atoms with E-state index in [0.717, 1.165) is 32.1 Å². The van der Waals surface area contributed by atoms with E-state index in [1.165, 1.54) is 6.33 Å². The Labute approximate surface area is 146 Å². The third-order valence-corrected chi connectivity index (χ3v) is 3.86. The van der Waals surface area contributed by atoms with Gasteiger partial charge in [0.25, 0.3) is 0 Å². The number of pyridine rings is 1. The van der Waals surface area contributed by atoms with Gasteiger partial charge in [-0.05, 0) is 25.0 Å². The molecule has 1 fully saturated rings. The van der Waals surface area contributed by atoms with E-state index in [4.69, 9.17) is 5.73 Å². The Bertz CT molecular complexity index is 611. The minimum Gasteiger partial charge on any atom is -0.323 e. The van der Waals surface area contributed by atoms with Gasteiger partial charge < -0.3 is 11.1 Å². The Morgan fingerprint density at radius 3 is 2.52 bits per heavy atom. The van der Waals surface area contributed by atoms with E-state index in [1.54, 1.807) is 29.3 Å². The lowest BCUT2D eigenvalue weighted by atomic mass is 9.82. The SMILES string of the molecule is Cl.Cl.NC1(C(=O)Nc2ccc(-n3cncn3)nc2)CCCCC1. The third-order valence-electron chi connectivity index (χ3n) is 3.86. The predicted molar refractivity (Wildman–Crippen MR) is 92.3 cm³/mol. The summed E-state index contributed by atoms with van der Waals surface area (Å²) in [4.78, 5) is 20.4. The van der Waals surface area contributed by atoms with Crippen molar-refractivity contribution >= 4 is 36.4 Å². The van der Waals surface area contributed by atoms with Crippen molar-refractivity contribution in [3.05, 3.63) is 31.0 Å². The lowest BCUT2D eigenvalue weighted by molar-refractivity contribution is -0.122. The maximum absolute atomic E-state index is 12.3. The minimum absolute atomic E-state index is 0. The van der Waals surface area contributed by atoms with Crippen LogP contribution in [0.25, 0.3) is 5.82 Å². The number of amides is 1. The van der Waals surface area contributed by atoms with E-state index in [9.17, 15) is 4.79 Å². The second kappa shape index (κ2) is 8.24. The quantitative estimate of drug-likeness (QED) is 0.875. The monoisotopic (exact) mass is 358 g/mol. The molecule has 1 amide bonds. The summed E-state index contributed by atoms with van der Waals surface area (Å²) in [6, 6.07) is 3.56. The Morgan fingerprint density at radius 1 is 1.22 bits per heavy atom. The van der Waals surface area contributed by atoms with E-state index in [0.29, 0.717) is 11.5 Å². The van der Waals surface area contributed by atoms with Crippen molar-refractivity contribution in [2.24, 2.45) is 5.73 Å². The standard InChI is InChI=1S/C14H18N6O.2ClH/c15-14(6-2-1-3-7-14)13(21)19-11-4-5-12(17-8-11)20-10-16-9-18-20;;/h4-5,8-10H,1-3,6-7,15H2,(H,19,21);2*1H. The van der Waals surface area contributed by atoms with Crippen LogP contribution in [-0.2, 0) is 4.79 Å². The molecule has 0 atom stereocenters. The smallest absolute Gasteiger partial charge is 0.244 e. The number of carbonyl (C=O) groups is 1. The molecule has 0 radical (unpaired) electrons. The second-order valence-electron chi connectivity index (χ2n) is 5.42. The number of anilines is 1. The van der Waals surface area contributed by atoms with Crippen LogP contribution in [0.5, 0.6) is 0 Å². The Hall–Kier alpha value is -1.70. The van der Waals surface area contributed by atoms with Gasteiger partial charge in [0.15, 0.2) is 5.82 Å². The molecule has 1 aliphatic carbocycles. The first-order valence-electron chi connectivity index (χ1n) is 7.09. The van der Waals surface area contributed by atoms with Crippen molar-refractivity contribution < 1.29 is 4.79 Å². The molecule has 0 aliphatic heterocycles. The lowest BCUT2D eigenvalue weighted by Gasteiger charge is -2.31. The van der Waals surface area contributed by atoms with Gasteiger partial charge in [-0.25, -0.2) is 14.6 Å². The number of hydrogen-bond donors (Lipinski definition) is 2. The fourth-order valence-electron chi connectivity index (χ4n) is 2.59. The molecule has 0 aromatic carbocycles. The number of hydrogen-bond acceptors (Lipinski definition) is 5. The van der Waals surface area contributed by atoms with Crippen molar-refractivity contribution in [2.75, 3.05) is 5.32 Å². The maximum Gasteiger partial charge on any atom is 0.244 e. The largest absolute Gasteiger partial charge is 0.323 e. The van der Waals surface area contributed by atoms with Crippen LogP contribution in [0.15, 0.2) is 31.0 Å². The summed E-state index contributed by atoms with van der Waals surface area (Å²) >= 11 is 0. The van der Waals surface area contributed by atoms with Gasteiger partial charge in [0, 0.05) is 0 Å². The van der Waals surface area contributed by atoms with Gasteiger partial charge in [0.2, 0.25) is 5.91 Å². The fraction of sp³-hybridized carbons (Fsp3) is 0.429. The Morgan fingerprint density at radius 2 is 1.96 bits per heavy atom. The highest BCUT2D eigenvalue weighted by Gasteiger charge is 2.35. The van der Waals surface area contributed by atoms with Crippen LogP contribution < -0.4 is 11.1 Å². The number of nitrogens with zero attached hydrogens (tertiary/aromatic N) is 4. The number of nitrogens with two attached hydrogens (primary N) is 1. The molecule has 2 aromatic heterocycles. The number of rotatable bonds is 3. The summed E-state index contributed by atoms with van der Waals surface area (Å²) in [5, 5.41) is 6.85. The van der Waals surface area contributed by atoms with E-state index in [-0.39, 0.29) is 30.7 Å². The zero-order valence-electron chi connectivity index (χ0n) is 12.5. The van der Waals surface area contributed by atoms with Crippen molar-refractivity contribution in [1.29, 1.82) is 0 Å². The van der Waals surface area contributed by atoms with E-state index in [2.05, 4.69) is 20.4 Å². The summed E-state index contributed by atoms with van der Waals surface area (Å²) in [6.45, 7) is 0. The molecule has 9 heteroatoms. The first-order chi connectivity index (χ1) is 10.2. The van der Waals surface area contributed by atoms with Crippen LogP contribution in [0.4, 0.5) is 5.69 Å².